The number of nitrogens with one attached hydrogen (secondary N) is 1. The van der Waals surface area contributed by atoms with Crippen molar-refractivity contribution in [2.24, 2.45) is 0 Å². The lowest BCUT2D eigenvalue weighted by molar-refractivity contribution is 0.122. The number of morpholine rings is 1. The first-order valence-corrected chi connectivity index (χ1v) is 8.45. The van der Waals surface area contributed by atoms with Gasteiger partial charge in [0.25, 0.3) is 0 Å². The number of hydrogen-bond donors (Lipinski definition) is 1. The van der Waals surface area contributed by atoms with Crippen LogP contribution < -0.4 is 15.1 Å². The number of nitrogens with zero attached hydrogens (tertiary/aromatic N) is 2. The molecule has 0 aliphatic carbocycles. The third-order valence-corrected chi connectivity index (χ3v) is 4.31. The van der Waals surface area contributed by atoms with Crippen LogP contribution in [0.25, 0.3) is 0 Å². The highest BCUT2D eigenvalue weighted by Crippen LogP contribution is 2.30. The molecule has 0 bridgehead atoms. The molecule has 0 amide bonds. The smallest absolute Gasteiger partial charge is 0.186 e. The topological polar surface area (TPSA) is 37.0 Å². The summed E-state index contributed by atoms with van der Waals surface area (Å²) in [6, 6.07) is 5.26. The Morgan fingerprint density at radius 1 is 1.42 bits per heavy atom. The minimum atomic E-state index is -0.237. The van der Waals surface area contributed by atoms with E-state index in [1.807, 2.05) is 28.9 Å². The Kier molecular flexibility index (Phi) is 5.20. The Hall–Kier alpha value is -1.86. The zero-order valence-electron chi connectivity index (χ0n) is 13.8. The SMILES string of the molecule is C=C1OC(CNC(C)=S)CN1c1ccc(N2CCOCC2)c(F)c1. The predicted molar refractivity (Wildman–Crippen MR) is 97.1 cm³/mol. The zero-order valence-corrected chi connectivity index (χ0v) is 14.6. The normalized spacial score (nSPS) is 20.9. The van der Waals surface area contributed by atoms with E-state index in [-0.39, 0.29) is 11.9 Å². The fourth-order valence-corrected chi connectivity index (χ4v) is 3.02. The van der Waals surface area contributed by atoms with Crippen LogP contribution in [0.5, 0.6) is 0 Å². The molecule has 2 fully saturated rings. The predicted octanol–water partition coefficient (Wildman–Crippen LogP) is 2.28. The van der Waals surface area contributed by atoms with Crippen LogP contribution in [-0.4, -0.2) is 50.5 Å². The molecule has 0 radical (unpaired) electrons. The quantitative estimate of drug-likeness (QED) is 0.839. The summed E-state index contributed by atoms with van der Waals surface area (Å²) in [5, 5.41) is 3.09. The van der Waals surface area contributed by atoms with Gasteiger partial charge < -0.3 is 24.6 Å². The number of halogens is 1. The molecule has 1 aromatic rings. The fraction of sp³-hybridized carbons (Fsp3) is 0.471. The lowest BCUT2D eigenvalue weighted by atomic mass is 10.2. The molecular weight excluding hydrogens is 329 g/mol. The van der Waals surface area contributed by atoms with Gasteiger partial charge >= 0.3 is 0 Å². The Balaban J connectivity index is 1.69. The highest BCUT2D eigenvalue weighted by molar-refractivity contribution is 7.80. The van der Waals surface area contributed by atoms with Gasteiger partial charge in [-0.05, 0) is 31.7 Å². The van der Waals surface area contributed by atoms with Crippen LogP contribution in [-0.2, 0) is 9.47 Å². The molecule has 2 saturated heterocycles. The van der Waals surface area contributed by atoms with Crippen LogP contribution in [0.15, 0.2) is 30.7 Å². The third kappa shape index (κ3) is 3.79. The maximum Gasteiger partial charge on any atom is 0.186 e. The second-order valence-electron chi connectivity index (χ2n) is 5.92. The van der Waals surface area contributed by atoms with Crippen molar-refractivity contribution in [3.63, 3.8) is 0 Å². The summed E-state index contributed by atoms with van der Waals surface area (Å²) >= 11 is 5.01. The average Bonchev–Trinajstić information content (AvgIpc) is 2.94. The second kappa shape index (κ2) is 7.36. The monoisotopic (exact) mass is 351 g/mol. The number of anilines is 2. The van der Waals surface area contributed by atoms with E-state index >= 15 is 0 Å². The molecule has 2 aliphatic rings. The summed E-state index contributed by atoms with van der Waals surface area (Å²) in [6.45, 7) is 9.66. The first-order chi connectivity index (χ1) is 11.5. The average molecular weight is 351 g/mol. The van der Waals surface area contributed by atoms with E-state index in [2.05, 4.69) is 11.9 Å². The van der Waals surface area contributed by atoms with E-state index in [1.165, 1.54) is 0 Å². The Bertz CT molecular complexity index is 634. The number of thiocarbonyl (C=S) groups is 1. The van der Waals surface area contributed by atoms with Gasteiger partial charge in [-0.2, -0.15) is 0 Å². The molecule has 0 saturated carbocycles. The van der Waals surface area contributed by atoms with Crippen LogP contribution in [0.4, 0.5) is 15.8 Å². The van der Waals surface area contributed by atoms with Crippen molar-refractivity contribution in [3.05, 3.63) is 36.5 Å². The maximum absolute atomic E-state index is 14.6. The molecule has 2 aliphatic heterocycles. The highest BCUT2D eigenvalue weighted by atomic mass is 32.1. The lowest BCUT2D eigenvalue weighted by Gasteiger charge is -2.29. The molecule has 2 heterocycles. The molecule has 24 heavy (non-hydrogen) atoms. The van der Waals surface area contributed by atoms with E-state index in [4.69, 9.17) is 21.7 Å². The maximum atomic E-state index is 14.6. The molecule has 1 unspecified atom stereocenters. The summed E-state index contributed by atoms with van der Waals surface area (Å²) in [6.07, 6.45) is -0.0580. The minimum absolute atomic E-state index is 0.0580. The lowest BCUT2D eigenvalue weighted by Crippen LogP contribution is -2.36. The van der Waals surface area contributed by atoms with Crippen molar-refractivity contribution in [2.75, 3.05) is 49.2 Å². The van der Waals surface area contributed by atoms with Gasteiger partial charge in [0.15, 0.2) is 5.88 Å². The molecule has 7 heteroatoms. The zero-order chi connectivity index (χ0) is 17.1. The summed E-state index contributed by atoms with van der Waals surface area (Å²) in [5.74, 6) is 0.292. The molecule has 0 spiro atoms. The summed E-state index contributed by atoms with van der Waals surface area (Å²) in [5.41, 5.74) is 1.36. The molecule has 1 aromatic carbocycles. The molecule has 1 N–H and O–H groups in total. The van der Waals surface area contributed by atoms with Crippen LogP contribution in [0.1, 0.15) is 6.92 Å². The first kappa shape index (κ1) is 17.0. The number of hydrogen-bond acceptors (Lipinski definition) is 5. The van der Waals surface area contributed by atoms with Gasteiger partial charge in [0.2, 0.25) is 0 Å². The van der Waals surface area contributed by atoms with Crippen molar-refractivity contribution in [2.45, 2.75) is 13.0 Å². The Morgan fingerprint density at radius 3 is 2.83 bits per heavy atom. The summed E-state index contributed by atoms with van der Waals surface area (Å²) in [4.78, 5) is 4.62. The van der Waals surface area contributed by atoms with Crippen LogP contribution in [0.3, 0.4) is 0 Å². The van der Waals surface area contributed by atoms with Crippen molar-refractivity contribution in [3.8, 4) is 0 Å². The molecule has 5 nitrogen and oxygen atoms in total. The van der Waals surface area contributed by atoms with Gasteiger partial charge in [-0.3, -0.25) is 0 Å². The van der Waals surface area contributed by atoms with E-state index in [1.54, 1.807) is 6.07 Å². The van der Waals surface area contributed by atoms with Crippen LogP contribution in [0, 0.1) is 5.82 Å². The number of benzene rings is 1. The van der Waals surface area contributed by atoms with Gasteiger partial charge in [-0.15, -0.1) is 0 Å². The second-order valence-corrected chi connectivity index (χ2v) is 6.53. The Labute approximate surface area is 147 Å². The van der Waals surface area contributed by atoms with Crippen molar-refractivity contribution < 1.29 is 13.9 Å². The number of ether oxygens (including phenoxy) is 2. The summed E-state index contributed by atoms with van der Waals surface area (Å²) in [7, 11) is 0. The van der Waals surface area contributed by atoms with Crippen molar-refractivity contribution in [1.29, 1.82) is 0 Å². The number of rotatable bonds is 4. The molecule has 3 rings (SSSR count). The molecular formula is C17H22FN3O2S. The molecule has 1 atom stereocenters. The van der Waals surface area contributed by atoms with Gasteiger partial charge in [-0.25, -0.2) is 4.39 Å². The molecule has 0 aromatic heterocycles. The third-order valence-electron chi connectivity index (χ3n) is 4.16. The fourth-order valence-electron chi connectivity index (χ4n) is 2.94. The van der Waals surface area contributed by atoms with E-state index in [9.17, 15) is 4.39 Å². The minimum Gasteiger partial charge on any atom is -0.472 e. The summed E-state index contributed by atoms with van der Waals surface area (Å²) < 4.78 is 25.6. The van der Waals surface area contributed by atoms with Crippen molar-refractivity contribution >= 4 is 28.6 Å². The molecule has 130 valence electrons. The Morgan fingerprint density at radius 2 is 2.17 bits per heavy atom. The van der Waals surface area contributed by atoms with Crippen LogP contribution in [0.2, 0.25) is 0 Å². The van der Waals surface area contributed by atoms with Crippen molar-refractivity contribution in [1.82, 2.24) is 5.32 Å². The van der Waals surface area contributed by atoms with Gasteiger partial charge in [0, 0.05) is 18.8 Å². The highest BCUT2D eigenvalue weighted by Gasteiger charge is 2.28. The van der Waals surface area contributed by atoms with E-state index < -0.39 is 0 Å². The largest absolute Gasteiger partial charge is 0.472 e. The van der Waals surface area contributed by atoms with E-state index in [0.717, 1.165) is 10.7 Å². The standard InChI is InChI=1S/C17H22FN3O2S/c1-12(24)19-10-15-11-21(13(2)23-15)14-3-4-17(16(18)9-14)20-5-7-22-8-6-20/h3-4,9,15H,2,5-8,10-11H2,1H3,(H,19,24). The van der Waals surface area contributed by atoms with Crippen LogP contribution >= 0.6 is 12.2 Å². The van der Waals surface area contributed by atoms with Gasteiger partial charge in [0.1, 0.15) is 11.9 Å². The van der Waals surface area contributed by atoms with Gasteiger partial charge in [0.05, 0.1) is 37.0 Å². The van der Waals surface area contributed by atoms with E-state index in [0.29, 0.717) is 51.0 Å². The first-order valence-electron chi connectivity index (χ1n) is 8.04. The van der Waals surface area contributed by atoms with Gasteiger partial charge in [-0.1, -0.05) is 12.2 Å².